The molecule has 0 radical (unpaired) electrons. The van der Waals surface area contributed by atoms with E-state index in [0.717, 1.165) is 53.0 Å². The second kappa shape index (κ2) is 18.0. The minimum atomic E-state index is 0.835. The van der Waals surface area contributed by atoms with Gasteiger partial charge in [-0.25, -0.2) is 15.8 Å². The van der Waals surface area contributed by atoms with Crippen LogP contribution >= 0.6 is 11.3 Å². The lowest BCUT2D eigenvalue weighted by molar-refractivity contribution is -0.539. The van der Waals surface area contributed by atoms with Crippen molar-refractivity contribution in [1.29, 1.82) is 0 Å². The van der Waals surface area contributed by atoms with Crippen LogP contribution in [0.15, 0.2) is 30.3 Å². The van der Waals surface area contributed by atoms with E-state index in [4.69, 9.17) is 14.5 Å². The van der Waals surface area contributed by atoms with Gasteiger partial charge in [0, 0.05) is 25.2 Å². The van der Waals surface area contributed by atoms with Gasteiger partial charge >= 0.3 is 0 Å². The Hall–Kier alpha value is -2.51. The van der Waals surface area contributed by atoms with Crippen molar-refractivity contribution < 1.29 is 14.9 Å². The van der Waals surface area contributed by atoms with Crippen molar-refractivity contribution in [3.05, 3.63) is 35.9 Å². The molecule has 1 aromatic heterocycles. The zero-order valence-corrected chi connectivity index (χ0v) is 26.5. The molecule has 0 atom stereocenters. The summed E-state index contributed by atoms with van der Waals surface area (Å²) in [7, 11) is 3.50. The van der Waals surface area contributed by atoms with Crippen molar-refractivity contribution in [2.75, 3.05) is 37.6 Å². The third-order valence-electron chi connectivity index (χ3n) is 7.56. The Bertz CT molecular complexity index is 1120. The first-order valence-electron chi connectivity index (χ1n) is 15.6. The second-order valence-corrected chi connectivity index (χ2v) is 11.8. The Kier molecular flexibility index (Phi) is 14.4. The Morgan fingerprint density at radius 3 is 2.10 bits per heavy atom. The van der Waals surface area contributed by atoms with E-state index in [-0.39, 0.29) is 0 Å². The summed E-state index contributed by atoms with van der Waals surface area (Å²) in [6, 6.07) is 10.9. The number of aryl methyl sites for hydroxylation is 1. The van der Waals surface area contributed by atoms with Crippen LogP contribution in [0.25, 0.3) is 10.2 Å². The number of quaternary nitrogens is 1. The summed E-state index contributed by atoms with van der Waals surface area (Å²) in [4.78, 5) is 7.29. The van der Waals surface area contributed by atoms with Crippen LogP contribution < -0.4 is 25.2 Å². The molecular formula is C33H53N4O2S+. The molecule has 0 fully saturated rings. The summed E-state index contributed by atoms with van der Waals surface area (Å²) in [6.45, 7) is 8.84. The number of aromatic nitrogens is 1. The molecule has 0 bridgehead atoms. The molecule has 0 aliphatic heterocycles. The van der Waals surface area contributed by atoms with Crippen LogP contribution in [0, 0.1) is 0 Å². The highest BCUT2D eigenvalue weighted by molar-refractivity contribution is 7.22. The van der Waals surface area contributed by atoms with Gasteiger partial charge in [0.15, 0.2) is 11.4 Å². The fourth-order valence-corrected chi connectivity index (χ4v) is 6.06. The van der Waals surface area contributed by atoms with Gasteiger partial charge in [-0.05, 0) is 43.4 Å². The topological polar surface area (TPSA) is 63.2 Å². The molecule has 7 heteroatoms. The van der Waals surface area contributed by atoms with Crippen molar-refractivity contribution in [3.8, 4) is 11.5 Å². The highest BCUT2D eigenvalue weighted by atomic mass is 32.1. The number of benzene rings is 2. The average molecular weight is 570 g/mol. The summed E-state index contributed by atoms with van der Waals surface area (Å²) in [6.07, 6.45) is 16.4. The molecule has 0 amide bonds. The van der Waals surface area contributed by atoms with Crippen LogP contribution in [0.4, 0.5) is 16.5 Å². The number of nitrogen functional groups attached to an aromatic ring is 1. The van der Waals surface area contributed by atoms with Crippen LogP contribution in [0.1, 0.15) is 103 Å². The Balaban J connectivity index is 1.68. The summed E-state index contributed by atoms with van der Waals surface area (Å²) in [5, 5.41) is 0.887. The predicted molar refractivity (Wildman–Crippen MR) is 173 cm³/mol. The summed E-state index contributed by atoms with van der Waals surface area (Å²) in [5.41, 5.74) is 9.94. The second-order valence-electron chi connectivity index (χ2n) is 10.8. The molecule has 3 rings (SSSR count). The summed E-state index contributed by atoms with van der Waals surface area (Å²) in [5.74, 6) is 1.71. The molecule has 2 aromatic carbocycles. The number of unbranched alkanes of at least 4 members (excludes halogenated alkanes) is 9. The first-order chi connectivity index (χ1) is 19.6. The van der Waals surface area contributed by atoms with Crippen LogP contribution in [0.3, 0.4) is 0 Å². The average Bonchev–Trinajstić information content (AvgIpc) is 3.39. The van der Waals surface area contributed by atoms with Crippen LogP contribution in [0.5, 0.6) is 11.5 Å². The number of nitrogens with two attached hydrogens (primary N) is 1. The molecule has 0 spiro atoms. The van der Waals surface area contributed by atoms with E-state index in [1.165, 1.54) is 87.3 Å². The fraction of sp³-hybridized carbons (Fsp3) is 0.606. The molecule has 40 heavy (non-hydrogen) atoms. The fourth-order valence-electron chi connectivity index (χ4n) is 5.16. The van der Waals surface area contributed by atoms with E-state index in [1.807, 2.05) is 5.43 Å². The van der Waals surface area contributed by atoms with E-state index in [2.05, 4.69) is 61.4 Å². The Morgan fingerprint density at radius 1 is 0.775 bits per heavy atom. The van der Waals surface area contributed by atoms with E-state index < -0.39 is 0 Å². The highest BCUT2D eigenvalue weighted by Crippen LogP contribution is 2.37. The number of methoxy groups -OCH3 is 2. The molecule has 0 unspecified atom stereocenters. The number of nitrogens with zero attached hydrogens (tertiary/aromatic N) is 2. The minimum Gasteiger partial charge on any atom is -0.494 e. The van der Waals surface area contributed by atoms with E-state index in [9.17, 15) is 0 Å². The van der Waals surface area contributed by atoms with Crippen molar-refractivity contribution in [2.45, 2.75) is 104 Å². The third kappa shape index (κ3) is 9.84. The summed E-state index contributed by atoms with van der Waals surface area (Å²) < 4.78 is 13.0. The number of anilines is 2. The van der Waals surface area contributed by atoms with Gasteiger partial charge in [0.25, 0.3) is 0 Å². The van der Waals surface area contributed by atoms with Crippen molar-refractivity contribution in [3.63, 3.8) is 0 Å². The van der Waals surface area contributed by atoms with Gasteiger partial charge in [0.05, 0.1) is 30.1 Å². The number of ether oxygens (including phenoxy) is 2. The number of rotatable bonds is 21. The maximum Gasteiger partial charge on any atom is 0.231 e. The van der Waals surface area contributed by atoms with Gasteiger partial charge in [-0.15, -0.1) is 0 Å². The van der Waals surface area contributed by atoms with Gasteiger partial charge in [0.1, 0.15) is 5.75 Å². The molecule has 0 saturated carbocycles. The third-order valence-corrected chi connectivity index (χ3v) is 8.51. The van der Waals surface area contributed by atoms with Gasteiger partial charge in [-0.3, -0.25) is 0 Å². The monoisotopic (exact) mass is 569 g/mol. The normalized spacial score (nSPS) is 11.2. The largest absolute Gasteiger partial charge is 0.494 e. The number of thiazole rings is 1. The van der Waals surface area contributed by atoms with Crippen LogP contribution in [0.2, 0.25) is 0 Å². The van der Waals surface area contributed by atoms with E-state index in [0.29, 0.717) is 0 Å². The maximum atomic E-state index is 5.89. The molecule has 0 aliphatic carbocycles. The standard InChI is InChI=1S/C33H52N4O2S/c1-6-9-12-13-14-15-18-26-19-20-27-32(23-26)40-33(34-27)36-35-28-24-31(39-5)29(25-30(28)38-4)37(21-16-10-7-2)22-17-11-8-3/h19-20,23-25,35H,6-18,21-22H2,1-5H3,(H,34,36)/p+1. The zero-order chi connectivity index (χ0) is 28.6. The Labute approximate surface area is 246 Å². The first kappa shape index (κ1) is 32.0. The molecule has 222 valence electrons. The predicted octanol–water partition coefficient (Wildman–Crippen LogP) is 8.63. The molecule has 0 saturated heterocycles. The number of nitrogens with one attached hydrogen (secondary N) is 1. The van der Waals surface area contributed by atoms with Crippen molar-refractivity contribution >= 4 is 38.1 Å². The first-order valence-corrected chi connectivity index (χ1v) is 16.4. The zero-order valence-electron chi connectivity index (χ0n) is 25.7. The smallest absolute Gasteiger partial charge is 0.231 e. The maximum absolute atomic E-state index is 5.89. The van der Waals surface area contributed by atoms with Crippen molar-refractivity contribution in [1.82, 2.24) is 4.98 Å². The lowest BCUT2D eigenvalue weighted by Gasteiger charge is -2.27. The van der Waals surface area contributed by atoms with Gasteiger partial charge < -0.3 is 14.4 Å². The summed E-state index contributed by atoms with van der Waals surface area (Å²) >= 11 is 1.70. The molecule has 3 aromatic rings. The molecule has 3 N–H and O–H groups in total. The van der Waals surface area contributed by atoms with Gasteiger partial charge in [-0.2, -0.15) is 0 Å². The van der Waals surface area contributed by atoms with E-state index in [1.54, 1.807) is 25.6 Å². The SMILES string of the molecule is CCCCCCCCc1ccc2nc(N[NH2+]c3cc(OC)c(N(CCCCC)CCCCC)cc3OC)sc2c1. The van der Waals surface area contributed by atoms with Gasteiger partial charge in [-0.1, -0.05) is 96.0 Å². The Morgan fingerprint density at radius 2 is 1.43 bits per heavy atom. The van der Waals surface area contributed by atoms with Crippen LogP contribution in [-0.4, -0.2) is 32.3 Å². The minimum absolute atomic E-state index is 0.835. The number of hydrogen-bond acceptors (Lipinski definition) is 6. The lowest BCUT2D eigenvalue weighted by Crippen LogP contribution is -2.82. The molecule has 1 heterocycles. The lowest BCUT2D eigenvalue weighted by atomic mass is 10.0. The van der Waals surface area contributed by atoms with Crippen LogP contribution in [-0.2, 0) is 6.42 Å². The quantitative estimate of drug-likeness (QED) is 0.0582. The number of hydrogen-bond donors (Lipinski definition) is 2. The van der Waals surface area contributed by atoms with E-state index >= 15 is 0 Å². The highest BCUT2D eigenvalue weighted by Gasteiger charge is 2.19. The molecular weight excluding hydrogens is 516 g/mol. The molecule has 0 aliphatic rings. The van der Waals surface area contributed by atoms with Gasteiger partial charge in [0.2, 0.25) is 5.13 Å². The van der Waals surface area contributed by atoms with Crippen molar-refractivity contribution in [2.24, 2.45) is 0 Å². The molecule has 6 nitrogen and oxygen atoms in total. The number of fused-ring (bicyclic) bond motifs is 1.